The zero-order chi connectivity index (χ0) is 60.7. The molecule has 6 aromatic rings. The number of aromatic nitrogens is 3. The highest BCUT2D eigenvalue weighted by Crippen LogP contribution is 2.18. The molecule has 0 aliphatic carbocycles. The van der Waals surface area contributed by atoms with Crippen molar-refractivity contribution in [3.05, 3.63) is 177 Å². The summed E-state index contributed by atoms with van der Waals surface area (Å²) < 4.78 is 15.3. The number of rotatable bonds is 12. The van der Waals surface area contributed by atoms with Crippen LogP contribution in [-0.2, 0) is 48.2 Å². The summed E-state index contributed by atoms with van der Waals surface area (Å²) in [6.07, 6.45) is 2.44. The lowest BCUT2D eigenvalue weighted by molar-refractivity contribution is -0.115. The van der Waals surface area contributed by atoms with E-state index in [4.69, 9.17) is 34.0 Å². The van der Waals surface area contributed by atoms with Crippen LogP contribution in [0.2, 0.25) is 0 Å². The Labute approximate surface area is 492 Å². The predicted molar refractivity (Wildman–Crippen MR) is 326 cm³/mol. The van der Waals surface area contributed by atoms with Crippen LogP contribution in [0.25, 0.3) is 0 Å². The van der Waals surface area contributed by atoms with Crippen LogP contribution in [0.3, 0.4) is 0 Å². The van der Waals surface area contributed by atoms with Gasteiger partial charge in [0.1, 0.15) is 23.4 Å². The zero-order valence-electron chi connectivity index (χ0n) is 48.6. The molecule has 19 heteroatoms. The van der Waals surface area contributed by atoms with Gasteiger partial charge in [0, 0.05) is 130 Å². The largest absolute Gasteiger partial charge is 0.464 e. The van der Waals surface area contributed by atoms with Gasteiger partial charge in [0.15, 0.2) is 0 Å². The van der Waals surface area contributed by atoms with Crippen LogP contribution in [0.4, 0.5) is 17.1 Å². The molecule has 0 saturated carbocycles. The number of methoxy groups -OCH3 is 3. The lowest BCUT2D eigenvalue weighted by Crippen LogP contribution is -2.36. The summed E-state index contributed by atoms with van der Waals surface area (Å²) in [6.45, 7) is 12.8. The highest BCUT2D eigenvalue weighted by Gasteiger charge is 2.22. The Bertz CT molecular complexity index is 3200. The molecule has 83 heavy (non-hydrogen) atoms. The normalized spacial score (nSPS) is 12.0. The van der Waals surface area contributed by atoms with Gasteiger partial charge in [-0.1, -0.05) is 49.4 Å². The van der Waals surface area contributed by atoms with Gasteiger partial charge in [-0.05, 0) is 122 Å². The van der Waals surface area contributed by atoms with Gasteiger partial charge in [0.25, 0.3) is 0 Å². The fourth-order valence-electron chi connectivity index (χ4n) is 8.03. The molecule has 3 N–H and O–H groups in total. The lowest BCUT2D eigenvalue weighted by Gasteiger charge is -2.25. The third-order valence-electron chi connectivity index (χ3n) is 11.8. The Morgan fingerprint density at radius 1 is 0.470 bits per heavy atom. The molecule has 0 unspecified atom stereocenters. The van der Waals surface area contributed by atoms with Crippen LogP contribution in [0, 0.1) is 35.5 Å². The molecular formula is C64H71N9O9S. The number of benzene rings is 3. The predicted octanol–water partition coefficient (Wildman–Crippen LogP) is 7.99. The Kier molecular flexibility index (Phi) is 28.4. The Morgan fingerprint density at radius 2 is 0.711 bits per heavy atom. The number of thiol groups is 1. The van der Waals surface area contributed by atoms with Gasteiger partial charge >= 0.3 is 17.9 Å². The van der Waals surface area contributed by atoms with Gasteiger partial charge in [-0.25, -0.2) is 29.3 Å². The first-order valence-corrected chi connectivity index (χ1v) is 27.4. The van der Waals surface area contributed by atoms with Crippen molar-refractivity contribution in [2.75, 3.05) is 89.9 Å². The summed E-state index contributed by atoms with van der Waals surface area (Å²) in [5.41, 5.74) is 8.38. The second-order valence-corrected chi connectivity index (χ2v) is 17.8. The van der Waals surface area contributed by atoms with Crippen molar-refractivity contribution < 1.29 is 43.0 Å². The third kappa shape index (κ3) is 22.7. The molecular weight excluding hydrogens is 1070 g/mol. The molecule has 1 aliphatic heterocycles. The molecule has 3 aromatic carbocycles. The van der Waals surface area contributed by atoms with Crippen LogP contribution in [0.1, 0.15) is 117 Å². The topological polar surface area (TPSA) is 215 Å². The standard InChI is InChI=1S/C59H57N9O8.C2H4O.C2H6.CH4S/c1-40(69)61-49-21-15-43(16-22-49)8-11-46-32-52(64-55(35-46)58(72)75-5)38-67-27-25-66(37-51-31-45(34-54(63-51)57(71)74-4)10-7-42-13-19-48(60-3)20-14-42)26-28-68(30-29-67)39-53-33-47(36-56(65-53)59(73)76-6)12-9-44-17-23-50(24-18-44)62-41(2)70;1-2-3;2*1-2/h13-24,31-36,60H,25-30,37-39H2,1-6H3,(H,61,69)(H,62,70);2H,1H3;1-2H3;2H,1H3. The van der Waals surface area contributed by atoms with E-state index in [-0.39, 0.29) is 28.9 Å². The number of hydrogen-bond donors (Lipinski definition) is 4. The molecule has 1 aliphatic rings. The first-order chi connectivity index (χ1) is 40.1. The minimum absolute atomic E-state index is 0.112. The van der Waals surface area contributed by atoms with E-state index in [1.807, 2.05) is 63.4 Å². The second kappa shape index (κ2) is 35.5. The average Bonchev–Trinajstić information content (AvgIpc) is 3.62. The van der Waals surface area contributed by atoms with E-state index in [1.165, 1.54) is 42.1 Å². The molecule has 1 saturated heterocycles. The lowest BCUT2D eigenvalue weighted by atomic mass is 10.1. The monoisotopic (exact) mass is 1140 g/mol. The van der Waals surface area contributed by atoms with Crippen molar-refractivity contribution in [3.63, 3.8) is 0 Å². The number of hydrogen-bond acceptors (Lipinski definition) is 17. The van der Waals surface area contributed by atoms with Crippen LogP contribution < -0.4 is 16.0 Å². The number of carbonyl (C=O) groups excluding carboxylic acids is 6. The van der Waals surface area contributed by atoms with Crippen LogP contribution in [-0.4, -0.2) is 140 Å². The number of nitrogens with zero attached hydrogens (tertiary/aromatic N) is 6. The number of amides is 2. The highest BCUT2D eigenvalue weighted by molar-refractivity contribution is 7.79. The van der Waals surface area contributed by atoms with Gasteiger partial charge in [-0.3, -0.25) is 24.3 Å². The number of anilines is 3. The second-order valence-electron chi connectivity index (χ2n) is 17.8. The van der Waals surface area contributed by atoms with E-state index in [0.29, 0.717) is 115 Å². The molecule has 0 spiro atoms. The Morgan fingerprint density at radius 3 is 0.940 bits per heavy atom. The van der Waals surface area contributed by atoms with E-state index >= 15 is 0 Å². The number of ether oxygens (including phenoxy) is 3. The van der Waals surface area contributed by atoms with Gasteiger partial charge in [0.05, 0.1) is 38.4 Å². The van der Waals surface area contributed by atoms with E-state index < -0.39 is 17.9 Å². The summed E-state index contributed by atoms with van der Waals surface area (Å²) in [4.78, 5) is 91.8. The van der Waals surface area contributed by atoms with Crippen LogP contribution in [0.15, 0.2) is 109 Å². The van der Waals surface area contributed by atoms with E-state index in [1.54, 1.807) is 73.0 Å². The van der Waals surface area contributed by atoms with E-state index in [0.717, 1.165) is 17.5 Å². The minimum Gasteiger partial charge on any atom is -0.464 e. The van der Waals surface area contributed by atoms with Gasteiger partial charge in [0.2, 0.25) is 11.8 Å². The third-order valence-corrected chi connectivity index (χ3v) is 11.8. The fraction of sp³-hybridized carbons (Fsp3) is 0.297. The number of aldehydes is 1. The maximum absolute atomic E-state index is 13.0. The number of carbonyl (C=O) groups is 6. The molecule has 18 nitrogen and oxygen atoms in total. The quantitative estimate of drug-likeness (QED) is 0.0300. The van der Waals surface area contributed by atoms with Crippen molar-refractivity contribution in [3.8, 4) is 35.5 Å². The molecule has 3 aromatic heterocycles. The summed E-state index contributed by atoms with van der Waals surface area (Å²) in [6, 6.07) is 32.4. The minimum atomic E-state index is -0.602. The first kappa shape index (κ1) is 66.4. The molecule has 7 rings (SSSR count). The summed E-state index contributed by atoms with van der Waals surface area (Å²) in [5.74, 6) is 16.9. The van der Waals surface area contributed by atoms with Gasteiger partial charge < -0.3 is 35.0 Å². The summed E-state index contributed by atoms with van der Waals surface area (Å²) >= 11 is 3.53. The molecule has 2 amide bonds. The van der Waals surface area contributed by atoms with E-state index in [9.17, 15) is 24.0 Å². The molecule has 432 valence electrons. The van der Waals surface area contributed by atoms with Crippen molar-refractivity contribution in [2.24, 2.45) is 0 Å². The van der Waals surface area contributed by atoms with Crippen LogP contribution >= 0.6 is 12.6 Å². The van der Waals surface area contributed by atoms with Crippen LogP contribution in [0.5, 0.6) is 0 Å². The highest BCUT2D eigenvalue weighted by atomic mass is 32.1. The maximum Gasteiger partial charge on any atom is 0.356 e. The number of esters is 3. The SMILES string of the molecule is CC.CC=O.CNc1ccc(C#Cc2cc(CN3CCN(Cc4cc(C#Cc5ccc(NC(C)=O)cc5)cc(C(=O)OC)n4)CCN(Cc4cc(C#Cc5ccc(NC(C)=O)cc5)cc(C(=O)OC)n4)CC3)nc(C(=O)OC)c2)cc1.CS. The summed E-state index contributed by atoms with van der Waals surface area (Å²) in [5, 5.41) is 8.61. The van der Waals surface area contributed by atoms with Crippen molar-refractivity contribution in [2.45, 2.75) is 54.3 Å². The first-order valence-electron chi connectivity index (χ1n) is 26.5. The average molecular weight is 1140 g/mol. The Hall–Kier alpha value is -9.16. The molecule has 4 heterocycles. The molecule has 0 radical (unpaired) electrons. The Balaban J connectivity index is 0.00000202. The van der Waals surface area contributed by atoms with Gasteiger partial charge in [-0.15, -0.1) is 0 Å². The summed E-state index contributed by atoms with van der Waals surface area (Å²) in [7, 11) is 5.77. The van der Waals surface area contributed by atoms with Gasteiger partial charge in [-0.2, -0.15) is 12.6 Å². The smallest absolute Gasteiger partial charge is 0.356 e. The number of pyridine rings is 3. The van der Waals surface area contributed by atoms with Crippen molar-refractivity contribution in [1.82, 2.24) is 29.7 Å². The molecule has 0 atom stereocenters. The molecule has 1 fully saturated rings. The molecule has 0 bridgehead atoms. The van der Waals surface area contributed by atoms with E-state index in [2.05, 4.69) is 78.8 Å². The van der Waals surface area contributed by atoms with Crippen molar-refractivity contribution in [1.29, 1.82) is 0 Å². The van der Waals surface area contributed by atoms with Crippen molar-refractivity contribution >= 4 is 65.7 Å². The number of nitrogens with one attached hydrogen (secondary N) is 3. The maximum atomic E-state index is 13.0. The zero-order valence-corrected chi connectivity index (χ0v) is 49.5. The fourth-order valence-corrected chi connectivity index (χ4v) is 8.03.